The van der Waals surface area contributed by atoms with Crippen LogP contribution >= 0.6 is 0 Å². The Morgan fingerprint density at radius 1 is 1.28 bits per heavy atom. The molecule has 0 amide bonds. The van der Waals surface area contributed by atoms with E-state index in [1.165, 1.54) is 10.9 Å². The molecule has 1 fully saturated rings. The van der Waals surface area contributed by atoms with Gasteiger partial charge in [0, 0.05) is 31.9 Å². The number of halogens is 2. The average molecular weight is 345 g/mol. The molecule has 0 saturated carbocycles. The highest BCUT2D eigenvalue weighted by Gasteiger charge is 2.21. The number of hydrogen-bond donors (Lipinski definition) is 0. The van der Waals surface area contributed by atoms with Gasteiger partial charge in [-0.15, -0.1) is 0 Å². The molecule has 0 bridgehead atoms. The molecule has 25 heavy (non-hydrogen) atoms. The summed E-state index contributed by atoms with van der Waals surface area (Å²) in [5.41, 5.74) is -0.401. The average Bonchev–Trinajstić information content (AvgIpc) is 2.64. The number of nitrogens with zero attached hydrogens (tertiary/aromatic N) is 5. The fourth-order valence-corrected chi connectivity index (χ4v) is 2.96. The fraction of sp³-hybridized carbons (Fsp3) is 0.412. The normalized spacial score (nSPS) is 15.4. The second-order valence-corrected chi connectivity index (χ2v) is 6.05. The largest absolute Gasteiger partial charge is 0.357 e. The van der Waals surface area contributed by atoms with Crippen molar-refractivity contribution in [2.45, 2.75) is 25.8 Å². The molecule has 2 aromatic rings. The molecule has 0 atom stereocenters. The van der Waals surface area contributed by atoms with E-state index in [2.05, 4.69) is 14.9 Å². The third-order valence-electron chi connectivity index (χ3n) is 4.39. The molecule has 0 N–H and O–H groups in total. The van der Waals surface area contributed by atoms with Gasteiger partial charge in [0.1, 0.15) is 17.6 Å². The number of piperidine rings is 1. The van der Waals surface area contributed by atoms with Gasteiger partial charge in [0.2, 0.25) is 0 Å². The summed E-state index contributed by atoms with van der Waals surface area (Å²) >= 11 is 0. The number of pyridine rings is 1. The van der Waals surface area contributed by atoms with Crippen LogP contribution in [0.4, 0.5) is 14.6 Å². The van der Waals surface area contributed by atoms with Crippen LogP contribution in [-0.4, -0.2) is 27.6 Å². The Morgan fingerprint density at radius 2 is 2.04 bits per heavy atom. The van der Waals surface area contributed by atoms with Gasteiger partial charge < -0.3 is 4.90 Å². The van der Waals surface area contributed by atoms with Crippen molar-refractivity contribution in [3.63, 3.8) is 0 Å². The standard InChI is InChI=1S/C17H17F2N5O/c18-17(19)14-7-16(25)24(11-22-14)10-12-3-5-23(6-4-12)15-2-1-13(8-20)9-21-15/h1-2,7,9,11-12,17H,3-6,10H2. The van der Waals surface area contributed by atoms with Crippen molar-refractivity contribution in [2.75, 3.05) is 18.0 Å². The van der Waals surface area contributed by atoms with E-state index in [9.17, 15) is 13.6 Å². The summed E-state index contributed by atoms with van der Waals surface area (Å²) in [5.74, 6) is 1.11. The summed E-state index contributed by atoms with van der Waals surface area (Å²) in [5, 5.41) is 8.81. The molecule has 0 unspecified atom stereocenters. The molecule has 130 valence electrons. The molecule has 0 radical (unpaired) electrons. The Bertz CT molecular complexity index is 820. The van der Waals surface area contributed by atoms with Gasteiger partial charge in [-0.05, 0) is 30.9 Å². The molecule has 1 aliphatic rings. The van der Waals surface area contributed by atoms with E-state index in [4.69, 9.17) is 5.26 Å². The highest BCUT2D eigenvalue weighted by molar-refractivity contribution is 5.42. The molecular weight excluding hydrogens is 328 g/mol. The maximum Gasteiger partial charge on any atom is 0.280 e. The van der Waals surface area contributed by atoms with E-state index in [0.29, 0.717) is 12.1 Å². The van der Waals surface area contributed by atoms with Crippen LogP contribution in [0.25, 0.3) is 0 Å². The lowest BCUT2D eigenvalue weighted by molar-refractivity contribution is 0.145. The quantitative estimate of drug-likeness (QED) is 0.850. The number of nitriles is 1. The zero-order valence-corrected chi connectivity index (χ0v) is 13.5. The van der Waals surface area contributed by atoms with Crippen molar-refractivity contribution in [1.82, 2.24) is 14.5 Å². The van der Waals surface area contributed by atoms with Gasteiger partial charge in [0.25, 0.3) is 12.0 Å². The lowest BCUT2D eigenvalue weighted by Gasteiger charge is -2.33. The first-order chi connectivity index (χ1) is 12.1. The van der Waals surface area contributed by atoms with Crippen LogP contribution in [0.15, 0.2) is 35.5 Å². The van der Waals surface area contributed by atoms with Gasteiger partial charge in [-0.1, -0.05) is 0 Å². The molecule has 1 saturated heterocycles. The van der Waals surface area contributed by atoms with Crippen molar-refractivity contribution >= 4 is 5.82 Å². The molecule has 0 aliphatic carbocycles. The van der Waals surface area contributed by atoms with E-state index in [-0.39, 0.29) is 5.92 Å². The first-order valence-corrected chi connectivity index (χ1v) is 8.02. The first kappa shape index (κ1) is 17.0. The number of rotatable bonds is 4. The molecule has 8 heteroatoms. The van der Waals surface area contributed by atoms with Gasteiger partial charge >= 0.3 is 0 Å². The second-order valence-electron chi connectivity index (χ2n) is 6.05. The Morgan fingerprint density at radius 3 is 2.60 bits per heavy atom. The van der Waals surface area contributed by atoms with E-state index >= 15 is 0 Å². The molecular formula is C17H17F2N5O. The monoisotopic (exact) mass is 345 g/mol. The summed E-state index contributed by atoms with van der Waals surface area (Å²) in [7, 11) is 0. The highest BCUT2D eigenvalue weighted by Crippen LogP contribution is 2.23. The van der Waals surface area contributed by atoms with Gasteiger partial charge in [-0.2, -0.15) is 5.26 Å². The smallest absolute Gasteiger partial charge is 0.280 e. The van der Waals surface area contributed by atoms with Gasteiger partial charge in [0.05, 0.1) is 11.9 Å². The van der Waals surface area contributed by atoms with Crippen molar-refractivity contribution in [3.8, 4) is 6.07 Å². The SMILES string of the molecule is N#Cc1ccc(N2CCC(Cn3cnc(C(F)F)cc3=O)CC2)nc1. The molecule has 1 aliphatic heterocycles. The van der Waals surface area contributed by atoms with Crippen LogP contribution in [0.5, 0.6) is 0 Å². The van der Waals surface area contributed by atoms with E-state index in [1.54, 1.807) is 12.3 Å². The van der Waals surface area contributed by atoms with Crippen molar-refractivity contribution in [3.05, 3.63) is 52.3 Å². The molecule has 3 rings (SSSR count). The van der Waals surface area contributed by atoms with Gasteiger partial charge in [-0.3, -0.25) is 9.36 Å². The topological polar surface area (TPSA) is 74.8 Å². The zero-order valence-electron chi connectivity index (χ0n) is 13.5. The van der Waals surface area contributed by atoms with Crippen LogP contribution in [0.3, 0.4) is 0 Å². The third kappa shape index (κ3) is 3.99. The number of alkyl halides is 2. The summed E-state index contributed by atoms with van der Waals surface area (Å²) < 4.78 is 26.5. The summed E-state index contributed by atoms with van der Waals surface area (Å²) in [6.45, 7) is 2.06. The minimum absolute atomic E-state index is 0.284. The molecule has 0 aromatic carbocycles. The summed E-state index contributed by atoms with van der Waals surface area (Å²) in [6, 6.07) is 6.51. The summed E-state index contributed by atoms with van der Waals surface area (Å²) in [4.78, 5) is 22.0. The lowest BCUT2D eigenvalue weighted by Crippen LogP contribution is -2.36. The zero-order chi connectivity index (χ0) is 17.8. The Kier molecular flexibility index (Phi) is 5.03. The van der Waals surface area contributed by atoms with Gasteiger partial charge in [-0.25, -0.2) is 18.7 Å². The highest BCUT2D eigenvalue weighted by atomic mass is 19.3. The minimum atomic E-state index is -2.73. The number of hydrogen-bond acceptors (Lipinski definition) is 5. The predicted molar refractivity (Wildman–Crippen MR) is 87.3 cm³/mol. The predicted octanol–water partition coefficient (Wildman–Crippen LogP) is 2.36. The van der Waals surface area contributed by atoms with Gasteiger partial charge in [0.15, 0.2) is 0 Å². The molecule has 0 spiro atoms. The van der Waals surface area contributed by atoms with Crippen LogP contribution in [-0.2, 0) is 6.54 Å². The van der Waals surface area contributed by atoms with Crippen LogP contribution in [0.1, 0.15) is 30.5 Å². The molecule has 3 heterocycles. The van der Waals surface area contributed by atoms with E-state index in [1.807, 2.05) is 12.1 Å². The maximum absolute atomic E-state index is 12.5. The Labute approximate surface area is 143 Å². The van der Waals surface area contributed by atoms with E-state index < -0.39 is 17.7 Å². The first-order valence-electron chi connectivity index (χ1n) is 8.02. The second kappa shape index (κ2) is 7.38. The van der Waals surface area contributed by atoms with Crippen molar-refractivity contribution in [1.29, 1.82) is 5.26 Å². The Hall–Kier alpha value is -2.82. The minimum Gasteiger partial charge on any atom is -0.357 e. The van der Waals surface area contributed by atoms with Crippen LogP contribution < -0.4 is 10.5 Å². The van der Waals surface area contributed by atoms with Crippen LogP contribution in [0.2, 0.25) is 0 Å². The lowest BCUT2D eigenvalue weighted by atomic mass is 9.96. The number of anilines is 1. The van der Waals surface area contributed by atoms with E-state index in [0.717, 1.165) is 37.8 Å². The summed E-state index contributed by atoms with van der Waals surface area (Å²) in [6.07, 6.45) is 1.76. The Balaban J connectivity index is 1.59. The number of aromatic nitrogens is 3. The third-order valence-corrected chi connectivity index (χ3v) is 4.39. The molecule has 6 nitrogen and oxygen atoms in total. The fourth-order valence-electron chi connectivity index (χ4n) is 2.96. The van der Waals surface area contributed by atoms with Crippen LogP contribution in [0, 0.1) is 17.2 Å². The van der Waals surface area contributed by atoms with Crippen molar-refractivity contribution < 1.29 is 8.78 Å². The van der Waals surface area contributed by atoms with Crippen molar-refractivity contribution in [2.24, 2.45) is 5.92 Å². The maximum atomic E-state index is 12.5. The molecule has 2 aromatic heterocycles.